The molecule has 0 saturated carbocycles. The van der Waals surface area contributed by atoms with E-state index >= 15 is 0 Å². The van der Waals surface area contributed by atoms with Crippen LogP contribution in [0.15, 0.2) is 65.6 Å². The second kappa shape index (κ2) is 7.20. The number of hydrogen-bond acceptors (Lipinski definition) is 4. The summed E-state index contributed by atoms with van der Waals surface area (Å²) in [6.45, 7) is 2.92. The van der Waals surface area contributed by atoms with Crippen LogP contribution >= 0.6 is 0 Å². The monoisotopic (exact) mass is 376 g/mol. The maximum atomic E-state index is 13.5. The largest absolute Gasteiger partial charge is 0.472 e. The Kier molecular flexibility index (Phi) is 4.41. The van der Waals surface area contributed by atoms with Crippen molar-refractivity contribution in [2.75, 3.05) is 13.1 Å². The van der Waals surface area contributed by atoms with Crippen molar-refractivity contribution in [1.82, 2.24) is 19.5 Å². The zero-order valence-corrected chi connectivity index (χ0v) is 15.5. The van der Waals surface area contributed by atoms with Crippen molar-refractivity contribution in [1.29, 1.82) is 0 Å². The van der Waals surface area contributed by atoms with Crippen LogP contribution in [0.2, 0.25) is 0 Å². The summed E-state index contributed by atoms with van der Waals surface area (Å²) in [6.07, 6.45) is 7.67. The van der Waals surface area contributed by atoms with Crippen molar-refractivity contribution in [2.45, 2.75) is 25.3 Å². The third-order valence-corrected chi connectivity index (χ3v) is 5.36. The van der Waals surface area contributed by atoms with Crippen LogP contribution in [-0.2, 0) is 6.54 Å². The standard InChI is InChI=1S/C22H21FN4O/c23-20-5-1-3-17(11-20)18-6-7-21-24-22(25-27(21)14-18)19-4-2-9-26(13-19)12-16-8-10-28-15-16/h1,3,5-8,10-11,14-15,19H,2,4,9,12-13H2. The first-order valence-electron chi connectivity index (χ1n) is 9.60. The van der Waals surface area contributed by atoms with Gasteiger partial charge in [0.05, 0.1) is 12.5 Å². The van der Waals surface area contributed by atoms with Crippen LogP contribution in [0.3, 0.4) is 0 Å². The first kappa shape index (κ1) is 17.1. The Morgan fingerprint density at radius 1 is 1.14 bits per heavy atom. The van der Waals surface area contributed by atoms with Gasteiger partial charge in [-0.15, -0.1) is 0 Å². The summed E-state index contributed by atoms with van der Waals surface area (Å²) in [4.78, 5) is 7.19. The molecule has 1 aliphatic heterocycles. The molecule has 1 saturated heterocycles. The van der Waals surface area contributed by atoms with Gasteiger partial charge in [-0.25, -0.2) is 13.9 Å². The zero-order valence-electron chi connectivity index (χ0n) is 15.5. The summed E-state index contributed by atoms with van der Waals surface area (Å²) in [7, 11) is 0. The predicted octanol–water partition coefficient (Wildman–Crippen LogP) is 4.51. The van der Waals surface area contributed by atoms with Crippen LogP contribution in [0.1, 0.15) is 30.1 Å². The number of piperidine rings is 1. The van der Waals surface area contributed by atoms with E-state index in [0.29, 0.717) is 5.92 Å². The normalized spacial score (nSPS) is 18.0. The first-order chi connectivity index (χ1) is 13.7. The fraction of sp³-hybridized carbons (Fsp3) is 0.273. The molecule has 0 N–H and O–H groups in total. The van der Waals surface area contributed by atoms with Gasteiger partial charge >= 0.3 is 0 Å². The average Bonchev–Trinajstić information content (AvgIpc) is 3.37. The minimum atomic E-state index is -0.239. The molecule has 4 aromatic rings. The molecule has 0 amide bonds. The number of likely N-dealkylation sites (tertiary alicyclic amines) is 1. The fourth-order valence-corrected chi connectivity index (χ4v) is 3.96. The molecule has 0 bridgehead atoms. The highest BCUT2D eigenvalue weighted by Gasteiger charge is 2.25. The van der Waals surface area contributed by atoms with Crippen molar-refractivity contribution >= 4 is 5.65 Å². The minimum absolute atomic E-state index is 0.239. The van der Waals surface area contributed by atoms with Crippen molar-refractivity contribution in [3.05, 3.63) is 78.4 Å². The molecule has 0 radical (unpaired) electrons. The number of halogens is 1. The van der Waals surface area contributed by atoms with E-state index in [1.54, 1.807) is 18.6 Å². The molecule has 1 aliphatic rings. The number of pyridine rings is 1. The van der Waals surface area contributed by atoms with E-state index < -0.39 is 0 Å². The van der Waals surface area contributed by atoms with Crippen molar-refractivity contribution in [2.24, 2.45) is 0 Å². The number of rotatable bonds is 4. The quantitative estimate of drug-likeness (QED) is 0.526. The van der Waals surface area contributed by atoms with Crippen LogP contribution < -0.4 is 0 Å². The highest BCUT2D eigenvalue weighted by Crippen LogP contribution is 2.27. The van der Waals surface area contributed by atoms with E-state index in [0.717, 1.165) is 55.1 Å². The van der Waals surface area contributed by atoms with Gasteiger partial charge in [-0.2, -0.15) is 5.10 Å². The predicted molar refractivity (Wildman–Crippen MR) is 104 cm³/mol. The topological polar surface area (TPSA) is 46.6 Å². The molecule has 1 fully saturated rings. The number of nitrogens with zero attached hydrogens (tertiary/aromatic N) is 4. The molecule has 0 aliphatic carbocycles. The maximum Gasteiger partial charge on any atom is 0.156 e. The lowest BCUT2D eigenvalue weighted by Crippen LogP contribution is -2.34. The lowest BCUT2D eigenvalue weighted by molar-refractivity contribution is 0.196. The molecule has 3 aromatic heterocycles. The zero-order chi connectivity index (χ0) is 18.9. The number of fused-ring (bicyclic) bond motifs is 1. The summed E-state index contributed by atoms with van der Waals surface area (Å²) in [5.41, 5.74) is 3.78. The molecule has 1 aromatic carbocycles. The number of hydrogen-bond donors (Lipinski definition) is 0. The van der Waals surface area contributed by atoms with Gasteiger partial charge in [-0.3, -0.25) is 4.90 Å². The molecule has 0 spiro atoms. The highest BCUT2D eigenvalue weighted by atomic mass is 19.1. The third-order valence-electron chi connectivity index (χ3n) is 5.36. The van der Waals surface area contributed by atoms with E-state index in [9.17, 15) is 4.39 Å². The van der Waals surface area contributed by atoms with Gasteiger partial charge in [-0.05, 0) is 55.3 Å². The van der Waals surface area contributed by atoms with E-state index in [2.05, 4.69) is 4.90 Å². The number of benzene rings is 1. The Labute approximate surface area is 162 Å². The van der Waals surface area contributed by atoms with Crippen molar-refractivity contribution in [3.8, 4) is 11.1 Å². The molecule has 5 rings (SSSR count). The molecular weight excluding hydrogens is 355 g/mol. The van der Waals surface area contributed by atoms with Crippen LogP contribution in [0.4, 0.5) is 4.39 Å². The van der Waals surface area contributed by atoms with Crippen LogP contribution in [0.5, 0.6) is 0 Å². The highest BCUT2D eigenvalue weighted by molar-refractivity contribution is 5.64. The Hall–Kier alpha value is -2.99. The summed E-state index contributed by atoms with van der Waals surface area (Å²) >= 11 is 0. The molecule has 28 heavy (non-hydrogen) atoms. The molecule has 1 unspecified atom stereocenters. The van der Waals surface area contributed by atoms with E-state index in [4.69, 9.17) is 14.5 Å². The summed E-state index contributed by atoms with van der Waals surface area (Å²) in [6, 6.07) is 12.5. The van der Waals surface area contributed by atoms with Gasteiger partial charge in [-0.1, -0.05) is 12.1 Å². The van der Waals surface area contributed by atoms with E-state index in [1.807, 2.05) is 35.0 Å². The SMILES string of the molecule is Fc1cccc(-c2ccc3nc(C4CCCN(Cc5ccoc5)C4)nn3c2)c1. The maximum absolute atomic E-state index is 13.5. The second-order valence-corrected chi connectivity index (χ2v) is 7.41. The Morgan fingerprint density at radius 2 is 2.11 bits per heavy atom. The fourth-order valence-electron chi connectivity index (χ4n) is 3.96. The van der Waals surface area contributed by atoms with Crippen molar-refractivity contribution < 1.29 is 8.81 Å². The molecule has 6 heteroatoms. The van der Waals surface area contributed by atoms with E-state index in [1.165, 1.54) is 17.7 Å². The lowest BCUT2D eigenvalue weighted by atomic mass is 9.97. The van der Waals surface area contributed by atoms with Gasteiger partial charge in [0.25, 0.3) is 0 Å². The van der Waals surface area contributed by atoms with Gasteiger partial charge in [0.15, 0.2) is 11.5 Å². The van der Waals surface area contributed by atoms with Gasteiger partial charge < -0.3 is 4.42 Å². The summed E-state index contributed by atoms with van der Waals surface area (Å²) in [5, 5.41) is 4.74. The average molecular weight is 376 g/mol. The Morgan fingerprint density at radius 3 is 2.96 bits per heavy atom. The van der Waals surface area contributed by atoms with Crippen LogP contribution in [0, 0.1) is 5.82 Å². The molecule has 142 valence electrons. The Balaban J connectivity index is 1.38. The first-order valence-corrected chi connectivity index (χ1v) is 9.60. The van der Waals surface area contributed by atoms with Gasteiger partial charge in [0, 0.05) is 36.3 Å². The lowest BCUT2D eigenvalue weighted by Gasteiger charge is -2.30. The summed E-state index contributed by atoms with van der Waals surface area (Å²) < 4.78 is 20.5. The minimum Gasteiger partial charge on any atom is -0.472 e. The summed E-state index contributed by atoms with van der Waals surface area (Å²) in [5.74, 6) is 0.961. The van der Waals surface area contributed by atoms with Crippen LogP contribution in [-0.4, -0.2) is 32.6 Å². The second-order valence-electron chi connectivity index (χ2n) is 7.41. The Bertz CT molecular complexity index is 1090. The number of aromatic nitrogens is 3. The molecule has 4 heterocycles. The number of furan rings is 1. The van der Waals surface area contributed by atoms with Gasteiger partial charge in [0.1, 0.15) is 5.82 Å². The van der Waals surface area contributed by atoms with Crippen LogP contribution in [0.25, 0.3) is 16.8 Å². The molecule has 1 atom stereocenters. The van der Waals surface area contributed by atoms with Crippen molar-refractivity contribution in [3.63, 3.8) is 0 Å². The molecular formula is C22H21FN4O. The third kappa shape index (κ3) is 3.43. The van der Waals surface area contributed by atoms with E-state index in [-0.39, 0.29) is 5.82 Å². The molecule has 5 nitrogen and oxygen atoms in total. The van der Waals surface area contributed by atoms with Gasteiger partial charge in [0.2, 0.25) is 0 Å². The smallest absolute Gasteiger partial charge is 0.156 e.